The van der Waals surface area contributed by atoms with Gasteiger partial charge in [0.15, 0.2) is 0 Å². The number of nitrogens with zero attached hydrogens (tertiary/aromatic N) is 3. The molecule has 0 fully saturated rings. The molecule has 1 heterocycles. The number of hydrogen-bond donors (Lipinski definition) is 3. The van der Waals surface area contributed by atoms with E-state index in [9.17, 15) is 4.79 Å². The maximum absolute atomic E-state index is 13.8. The summed E-state index contributed by atoms with van der Waals surface area (Å²) in [5.74, 6) is 1.03. The minimum atomic E-state index is -0.210. The molecule has 0 radical (unpaired) electrons. The molecule has 42 heavy (non-hydrogen) atoms. The number of anilines is 2. The first-order valence-electron chi connectivity index (χ1n) is 13.9. The fourth-order valence-corrected chi connectivity index (χ4v) is 5.33. The first-order chi connectivity index (χ1) is 20.5. The molecule has 0 saturated carbocycles. The molecule has 6 aromatic rings. The van der Waals surface area contributed by atoms with Crippen LogP contribution in [0.2, 0.25) is 0 Å². The van der Waals surface area contributed by atoms with Crippen molar-refractivity contribution >= 4 is 45.0 Å². The number of nitrogens with one attached hydrogen (secondary N) is 2. The maximum Gasteiger partial charge on any atom is 0.326 e. The molecule has 2 amide bonds. The summed E-state index contributed by atoms with van der Waals surface area (Å²) in [5, 5.41) is 12.9. The van der Waals surface area contributed by atoms with Gasteiger partial charge in [0.25, 0.3) is 0 Å². The average Bonchev–Trinajstić information content (AvgIpc) is 3.33. The zero-order valence-corrected chi connectivity index (χ0v) is 23.4. The van der Waals surface area contributed by atoms with Crippen LogP contribution in [0.1, 0.15) is 22.5 Å². The Balaban J connectivity index is 1.31. The van der Waals surface area contributed by atoms with E-state index in [1.807, 2.05) is 98.0 Å². The monoisotopic (exact) mass is 552 g/mol. The van der Waals surface area contributed by atoms with Gasteiger partial charge in [-0.15, -0.1) is 0 Å². The minimum absolute atomic E-state index is 0.0691. The Hall–Kier alpha value is -5.43. The number of aryl methyl sites for hydroxylation is 3. The second kappa shape index (κ2) is 11.6. The Kier molecular flexibility index (Phi) is 7.39. The van der Waals surface area contributed by atoms with Crippen LogP contribution < -0.4 is 16.0 Å². The van der Waals surface area contributed by atoms with Crippen molar-refractivity contribution in [3.05, 3.63) is 138 Å². The lowest BCUT2D eigenvalue weighted by Crippen LogP contribution is -2.34. The van der Waals surface area contributed by atoms with Gasteiger partial charge in [-0.3, -0.25) is 10.3 Å². The number of rotatable bonds is 8. The van der Waals surface area contributed by atoms with E-state index in [4.69, 9.17) is 16.1 Å². The number of para-hydroxylation sites is 1. The number of nitrogens with two attached hydrogens (primary N) is 1. The van der Waals surface area contributed by atoms with Crippen LogP contribution >= 0.6 is 0 Å². The molecule has 208 valence electrons. The molecule has 0 saturated heterocycles. The lowest BCUT2D eigenvalue weighted by Gasteiger charge is -2.24. The lowest BCUT2D eigenvalue weighted by molar-refractivity contribution is 0.256. The number of urea groups is 1. The molecule has 7 heteroatoms. The summed E-state index contributed by atoms with van der Waals surface area (Å²) in [6.07, 6.45) is 1.57. The molecular formula is C35H32N6O. The number of amides is 2. The van der Waals surface area contributed by atoms with Crippen LogP contribution in [0.15, 0.2) is 115 Å². The lowest BCUT2D eigenvalue weighted by atomic mass is 10.0. The number of fused-ring (bicyclic) bond motifs is 2. The fraction of sp³-hybridized carbons (Fsp3) is 0.114. The predicted molar refractivity (Wildman–Crippen MR) is 171 cm³/mol. The third-order valence-electron chi connectivity index (χ3n) is 7.65. The van der Waals surface area contributed by atoms with Crippen LogP contribution in [-0.4, -0.2) is 21.4 Å². The number of aromatic nitrogens is 2. The van der Waals surface area contributed by atoms with E-state index in [0.29, 0.717) is 6.54 Å². The van der Waals surface area contributed by atoms with Crippen molar-refractivity contribution in [2.45, 2.75) is 19.4 Å². The van der Waals surface area contributed by atoms with Gasteiger partial charge in [0.05, 0.1) is 17.6 Å². The summed E-state index contributed by atoms with van der Waals surface area (Å²) in [4.78, 5) is 20.5. The van der Waals surface area contributed by atoms with Crippen LogP contribution in [0.4, 0.5) is 16.2 Å². The van der Waals surface area contributed by atoms with Crippen LogP contribution in [0.25, 0.3) is 21.8 Å². The Bertz CT molecular complexity index is 1890. The summed E-state index contributed by atoms with van der Waals surface area (Å²) in [5.41, 5.74) is 11.9. The fourth-order valence-electron chi connectivity index (χ4n) is 5.33. The van der Waals surface area contributed by atoms with Gasteiger partial charge in [-0.25, -0.2) is 9.78 Å². The highest BCUT2D eigenvalue weighted by molar-refractivity contribution is 6.03. The summed E-state index contributed by atoms with van der Waals surface area (Å²) >= 11 is 0. The number of carbonyl (C=O) groups is 1. The van der Waals surface area contributed by atoms with Crippen molar-refractivity contribution in [2.75, 3.05) is 10.2 Å². The standard InChI is InChI=1S/C35H32N6O/c1-40-32-20-19-29(22-31(32)39-33(40)21-16-24-14-17-26(18-15-24)34(36)37)41(35(42)38-28-11-3-2-4-12-28)23-27-10-7-9-25-8-5-6-13-30(25)27/h2-15,17-20,22H,16,21,23H2,1H3,(H3,36,37)(H,38,42). The molecule has 0 spiro atoms. The Labute approximate surface area is 244 Å². The SMILES string of the molecule is Cn1c(CCc2ccc(C(=N)N)cc2)nc2cc(N(Cc3cccc4ccccc34)C(=O)Nc3ccccc3)ccc21. The van der Waals surface area contributed by atoms with Crippen LogP contribution in [0.5, 0.6) is 0 Å². The Morgan fingerprint density at radius 3 is 2.40 bits per heavy atom. The molecule has 0 bridgehead atoms. The predicted octanol–water partition coefficient (Wildman–Crippen LogP) is 7.03. The molecule has 0 atom stereocenters. The van der Waals surface area contributed by atoms with E-state index in [0.717, 1.165) is 68.5 Å². The van der Waals surface area contributed by atoms with Gasteiger partial charge in [-0.2, -0.15) is 0 Å². The second-order valence-corrected chi connectivity index (χ2v) is 10.4. The van der Waals surface area contributed by atoms with Gasteiger partial charge in [0.2, 0.25) is 0 Å². The molecule has 0 aliphatic heterocycles. The number of imidazole rings is 1. The van der Waals surface area contributed by atoms with Crippen molar-refractivity contribution in [1.82, 2.24) is 9.55 Å². The van der Waals surface area contributed by atoms with Gasteiger partial charge in [0.1, 0.15) is 11.7 Å². The molecule has 0 aliphatic carbocycles. The molecule has 7 nitrogen and oxygen atoms in total. The average molecular weight is 553 g/mol. The Morgan fingerprint density at radius 2 is 1.62 bits per heavy atom. The van der Waals surface area contributed by atoms with E-state index in [1.165, 1.54) is 0 Å². The van der Waals surface area contributed by atoms with E-state index in [-0.39, 0.29) is 11.9 Å². The number of nitrogen functional groups attached to an aromatic ring is 1. The Morgan fingerprint density at radius 1 is 0.881 bits per heavy atom. The normalized spacial score (nSPS) is 11.1. The smallest absolute Gasteiger partial charge is 0.326 e. The van der Waals surface area contributed by atoms with Crippen molar-refractivity contribution in [3.8, 4) is 0 Å². The quantitative estimate of drug-likeness (QED) is 0.140. The number of amidine groups is 1. The highest BCUT2D eigenvalue weighted by Crippen LogP contribution is 2.28. The third-order valence-corrected chi connectivity index (χ3v) is 7.65. The summed E-state index contributed by atoms with van der Waals surface area (Å²) in [6.45, 7) is 0.404. The number of hydrogen-bond acceptors (Lipinski definition) is 3. The van der Waals surface area contributed by atoms with Crippen molar-refractivity contribution in [3.63, 3.8) is 0 Å². The highest BCUT2D eigenvalue weighted by atomic mass is 16.2. The van der Waals surface area contributed by atoms with E-state index >= 15 is 0 Å². The van der Waals surface area contributed by atoms with Crippen molar-refractivity contribution < 1.29 is 4.79 Å². The van der Waals surface area contributed by atoms with Gasteiger partial charge < -0.3 is 15.6 Å². The molecule has 4 N–H and O–H groups in total. The second-order valence-electron chi connectivity index (χ2n) is 10.4. The van der Waals surface area contributed by atoms with Crippen LogP contribution in [0, 0.1) is 5.41 Å². The van der Waals surface area contributed by atoms with Gasteiger partial charge in [-0.05, 0) is 58.7 Å². The first kappa shape index (κ1) is 26.8. The number of carbonyl (C=O) groups excluding carboxylic acids is 1. The van der Waals surface area contributed by atoms with Crippen LogP contribution in [0.3, 0.4) is 0 Å². The van der Waals surface area contributed by atoms with Gasteiger partial charge in [-0.1, -0.05) is 84.9 Å². The van der Waals surface area contributed by atoms with Crippen molar-refractivity contribution in [1.29, 1.82) is 5.41 Å². The topological polar surface area (TPSA) is 100 Å². The van der Waals surface area contributed by atoms with Crippen molar-refractivity contribution in [2.24, 2.45) is 12.8 Å². The zero-order chi connectivity index (χ0) is 29.1. The summed E-state index contributed by atoms with van der Waals surface area (Å²) < 4.78 is 2.11. The van der Waals surface area contributed by atoms with Gasteiger partial charge in [0, 0.05) is 30.4 Å². The highest BCUT2D eigenvalue weighted by Gasteiger charge is 2.20. The third kappa shape index (κ3) is 5.58. The maximum atomic E-state index is 13.8. The molecular weight excluding hydrogens is 520 g/mol. The number of benzene rings is 5. The van der Waals surface area contributed by atoms with Gasteiger partial charge >= 0.3 is 6.03 Å². The summed E-state index contributed by atoms with van der Waals surface area (Å²) in [7, 11) is 2.03. The largest absolute Gasteiger partial charge is 0.384 e. The van der Waals surface area contributed by atoms with E-state index < -0.39 is 0 Å². The summed E-state index contributed by atoms with van der Waals surface area (Å²) in [6, 6.07) is 37.5. The van der Waals surface area contributed by atoms with E-state index in [2.05, 4.69) is 34.1 Å². The molecule has 0 unspecified atom stereocenters. The first-order valence-corrected chi connectivity index (χ1v) is 13.9. The van der Waals surface area contributed by atoms with E-state index in [1.54, 1.807) is 4.90 Å². The zero-order valence-electron chi connectivity index (χ0n) is 23.4. The van der Waals surface area contributed by atoms with Crippen LogP contribution in [-0.2, 0) is 26.4 Å². The molecule has 1 aromatic heterocycles. The molecule has 0 aliphatic rings. The minimum Gasteiger partial charge on any atom is -0.384 e. The molecule has 5 aromatic carbocycles. The molecule has 6 rings (SSSR count).